The summed E-state index contributed by atoms with van der Waals surface area (Å²) in [6.45, 7) is 1.41. The van der Waals surface area contributed by atoms with Crippen LogP contribution in [0.25, 0.3) is 0 Å². The summed E-state index contributed by atoms with van der Waals surface area (Å²) in [6, 6.07) is 0. The monoisotopic (exact) mass is 253 g/mol. The number of nitro groups is 1. The largest absolute Gasteiger partial charge is 0.424 e. The van der Waals surface area contributed by atoms with Crippen LogP contribution >= 0.6 is 0 Å². The lowest BCUT2D eigenvalue weighted by Gasteiger charge is -2.00. The minimum atomic E-state index is -1.05. The highest BCUT2D eigenvalue weighted by molar-refractivity contribution is 5.20. The fourth-order valence-corrected chi connectivity index (χ4v) is 1.29. The van der Waals surface area contributed by atoms with Gasteiger partial charge < -0.3 is 4.42 Å². The molecule has 0 radical (unpaired) electrons. The number of nitrogens with zero attached hydrogens (tertiary/aromatic N) is 4. The maximum atomic E-state index is 11.4. The summed E-state index contributed by atoms with van der Waals surface area (Å²) >= 11 is 0. The first kappa shape index (κ1) is 11.7. The molecule has 0 bridgehead atoms. The summed E-state index contributed by atoms with van der Waals surface area (Å²) in [5, 5.41) is 17.8. The van der Waals surface area contributed by atoms with Crippen molar-refractivity contribution in [1.29, 1.82) is 0 Å². The first-order chi connectivity index (χ1) is 8.47. The van der Waals surface area contributed by atoms with Gasteiger partial charge in [-0.1, -0.05) is 0 Å². The molecule has 0 amide bonds. The van der Waals surface area contributed by atoms with Crippen LogP contribution in [-0.4, -0.2) is 24.7 Å². The van der Waals surface area contributed by atoms with Crippen molar-refractivity contribution in [3.05, 3.63) is 48.9 Å². The van der Waals surface area contributed by atoms with Gasteiger partial charge in [-0.3, -0.25) is 24.5 Å². The van der Waals surface area contributed by atoms with Gasteiger partial charge in [0, 0.05) is 6.92 Å². The Morgan fingerprint density at radius 2 is 2.22 bits per heavy atom. The molecule has 0 aliphatic heterocycles. The Balaban J connectivity index is 2.45. The number of rotatable bonds is 3. The van der Waals surface area contributed by atoms with Crippen LogP contribution in [0.2, 0.25) is 0 Å². The summed E-state index contributed by atoms with van der Waals surface area (Å²) < 4.78 is 5.94. The number of aryl methyl sites for hydroxylation is 1. The van der Waals surface area contributed by atoms with Crippen LogP contribution in [0.4, 0.5) is 5.69 Å². The average molecular weight is 253 g/mol. The predicted octanol–water partition coefficient (Wildman–Crippen LogP) is -0.815. The summed E-state index contributed by atoms with van der Waals surface area (Å²) in [6.07, 6.45) is 0.834. The molecule has 2 rings (SSSR count). The van der Waals surface area contributed by atoms with E-state index in [0.717, 1.165) is 10.8 Å². The third kappa shape index (κ3) is 2.16. The number of aromatic amines is 1. The van der Waals surface area contributed by atoms with Gasteiger partial charge in [0.1, 0.15) is 6.54 Å². The van der Waals surface area contributed by atoms with Crippen LogP contribution in [0.3, 0.4) is 0 Å². The smallest absolute Gasteiger partial charge is 0.350 e. The van der Waals surface area contributed by atoms with Crippen LogP contribution in [0.15, 0.2) is 20.2 Å². The van der Waals surface area contributed by atoms with Crippen LogP contribution in [-0.2, 0) is 6.54 Å². The van der Waals surface area contributed by atoms with Gasteiger partial charge in [0.2, 0.25) is 11.8 Å². The second-order valence-corrected chi connectivity index (χ2v) is 3.37. The fraction of sp³-hybridized carbons (Fsp3) is 0.250. The molecule has 0 spiro atoms. The number of nitrogens with one attached hydrogen (secondary N) is 1. The van der Waals surface area contributed by atoms with E-state index in [-0.39, 0.29) is 12.4 Å². The van der Waals surface area contributed by atoms with Crippen molar-refractivity contribution in [2.24, 2.45) is 0 Å². The Hall–Kier alpha value is -2.78. The van der Waals surface area contributed by atoms with Crippen molar-refractivity contribution in [3.8, 4) is 0 Å². The van der Waals surface area contributed by atoms with Crippen molar-refractivity contribution < 1.29 is 9.34 Å². The van der Waals surface area contributed by atoms with Gasteiger partial charge in [0.15, 0.2) is 0 Å². The molecule has 0 aliphatic carbocycles. The molecule has 18 heavy (non-hydrogen) atoms. The molecule has 10 heteroatoms. The molecular formula is C8H7N5O5. The standard InChI is InChI=1S/C8H7N5O5/c1-4-10-11-6(18-4)3-12-2-5(13(16)17)7(14)9-8(12)15/h2H,3H2,1H3,(H,9,14,15). The maximum Gasteiger partial charge on any atom is 0.350 e. The zero-order chi connectivity index (χ0) is 13.3. The van der Waals surface area contributed by atoms with E-state index in [1.165, 1.54) is 0 Å². The molecule has 2 aromatic rings. The van der Waals surface area contributed by atoms with E-state index in [4.69, 9.17) is 4.42 Å². The van der Waals surface area contributed by atoms with E-state index < -0.39 is 21.9 Å². The molecule has 94 valence electrons. The average Bonchev–Trinajstić information content (AvgIpc) is 2.67. The first-order valence-corrected chi connectivity index (χ1v) is 4.74. The molecule has 0 aromatic carbocycles. The van der Waals surface area contributed by atoms with Crippen molar-refractivity contribution >= 4 is 5.69 Å². The summed E-state index contributed by atoms with van der Waals surface area (Å²) in [7, 11) is 0. The predicted molar refractivity (Wildman–Crippen MR) is 56.1 cm³/mol. The summed E-state index contributed by atoms with van der Waals surface area (Å²) in [4.78, 5) is 34.1. The Kier molecular flexibility index (Phi) is 2.75. The van der Waals surface area contributed by atoms with Gasteiger partial charge >= 0.3 is 16.9 Å². The molecular weight excluding hydrogens is 246 g/mol. The second kappa shape index (κ2) is 4.24. The first-order valence-electron chi connectivity index (χ1n) is 4.74. The minimum absolute atomic E-state index is 0.107. The lowest BCUT2D eigenvalue weighted by Crippen LogP contribution is -2.31. The Labute approximate surface area is 98.0 Å². The van der Waals surface area contributed by atoms with Crippen LogP contribution < -0.4 is 11.2 Å². The van der Waals surface area contributed by atoms with Crippen LogP contribution in [0, 0.1) is 17.0 Å². The van der Waals surface area contributed by atoms with Crippen LogP contribution in [0.5, 0.6) is 0 Å². The number of hydrogen-bond donors (Lipinski definition) is 1. The molecule has 0 atom stereocenters. The van der Waals surface area contributed by atoms with E-state index >= 15 is 0 Å². The lowest BCUT2D eigenvalue weighted by atomic mass is 10.5. The third-order valence-electron chi connectivity index (χ3n) is 2.06. The molecule has 2 aromatic heterocycles. The zero-order valence-corrected chi connectivity index (χ0v) is 9.11. The van der Waals surface area contributed by atoms with Crippen molar-refractivity contribution in [3.63, 3.8) is 0 Å². The SMILES string of the molecule is Cc1nnc(Cn2cc([N+](=O)[O-])c(=O)[nH]c2=O)o1. The van der Waals surface area contributed by atoms with Gasteiger partial charge in [0.25, 0.3) is 0 Å². The normalized spacial score (nSPS) is 10.5. The molecule has 0 fully saturated rings. The van der Waals surface area contributed by atoms with Crippen LogP contribution in [0.1, 0.15) is 11.8 Å². The highest BCUT2D eigenvalue weighted by Gasteiger charge is 2.16. The minimum Gasteiger partial charge on any atom is -0.424 e. The van der Waals surface area contributed by atoms with Crippen molar-refractivity contribution in [2.75, 3.05) is 0 Å². The molecule has 0 saturated heterocycles. The third-order valence-corrected chi connectivity index (χ3v) is 2.06. The molecule has 1 N–H and O–H groups in total. The molecule has 10 nitrogen and oxygen atoms in total. The molecule has 0 aliphatic rings. The van der Waals surface area contributed by atoms with Gasteiger partial charge in [-0.15, -0.1) is 10.2 Å². The zero-order valence-electron chi connectivity index (χ0n) is 9.11. The molecule has 0 unspecified atom stereocenters. The number of H-pyrrole nitrogens is 1. The Morgan fingerprint density at radius 1 is 1.50 bits per heavy atom. The van der Waals surface area contributed by atoms with E-state index in [1.807, 2.05) is 4.98 Å². The molecule has 0 saturated carbocycles. The number of hydrogen-bond acceptors (Lipinski definition) is 7. The summed E-state index contributed by atoms with van der Waals surface area (Å²) in [5.41, 5.74) is -2.57. The Morgan fingerprint density at radius 3 is 2.78 bits per heavy atom. The number of aromatic nitrogens is 4. The quantitative estimate of drug-likeness (QED) is 0.557. The summed E-state index contributed by atoms with van der Waals surface area (Å²) in [5.74, 6) is 0.410. The van der Waals surface area contributed by atoms with Gasteiger partial charge in [0.05, 0.1) is 11.1 Å². The van der Waals surface area contributed by atoms with Gasteiger partial charge in [-0.05, 0) is 0 Å². The van der Waals surface area contributed by atoms with Crippen molar-refractivity contribution in [1.82, 2.24) is 19.7 Å². The van der Waals surface area contributed by atoms with Gasteiger partial charge in [-0.25, -0.2) is 4.79 Å². The van der Waals surface area contributed by atoms with E-state index in [1.54, 1.807) is 6.92 Å². The van der Waals surface area contributed by atoms with E-state index in [0.29, 0.717) is 5.89 Å². The fourth-order valence-electron chi connectivity index (χ4n) is 1.29. The topological polar surface area (TPSA) is 137 Å². The Bertz CT molecular complexity index is 711. The molecule has 2 heterocycles. The van der Waals surface area contributed by atoms with Gasteiger partial charge in [-0.2, -0.15) is 0 Å². The van der Waals surface area contributed by atoms with E-state index in [2.05, 4.69) is 10.2 Å². The lowest BCUT2D eigenvalue weighted by molar-refractivity contribution is -0.386. The highest BCUT2D eigenvalue weighted by atomic mass is 16.6. The second-order valence-electron chi connectivity index (χ2n) is 3.37. The van der Waals surface area contributed by atoms with E-state index in [9.17, 15) is 19.7 Å². The maximum absolute atomic E-state index is 11.4. The highest BCUT2D eigenvalue weighted by Crippen LogP contribution is 2.03. The van der Waals surface area contributed by atoms with Crippen molar-refractivity contribution in [2.45, 2.75) is 13.5 Å².